The van der Waals surface area contributed by atoms with Crippen LogP contribution in [0.2, 0.25) is 0 Å². The quantitative estimate of drug-likeness (QED) is 0.394. The number of fused-ring (bicyclic) bond motifs is 4. The first kappa shape index (κ1) is 26.4. The van der Waals surface area contributed by atoms with Gasteiger partial charge in [-0.2, -0.15) is 4.98 Å². The van der Waals surface area contributed by atoms with Crippen molar-refractivity contribution in [3.8, 4) is 5.75 Å². The van der Waals surface area contributed by atoms with Gasteiger partial charge in [0.05, 0.1) is 0 Å². The Morgan fingerprint density at radius 2 is 1.98 bits per heavy atom. The van der Waals surface area contributed by atoms with E-state index in [1.165, 1.54) is 30.2 Å². The number of rotatable bonds is 2. The average Bonchev–Trinajstić information content (AvgIpc) is 3.74. The number of anilines is 5. The minimum Gasteiger partial charge on any atom is -0.480 e. The highest BCUT2D eigenvalue weighted by Gasteiger charge is 2.48. The minimum atomic E-state index is -0.301. The molecule has 1 aliphatic carbocycles. The second kappa shape index (κ2) is 10.7. The minimum absolute atomic E-state index is 0.00736. The monoisotopic (exact) mass is 566 g/mol. The van der Waals surface area contributed by atoms with Crippen LogP contribution in [0.15, 0.2) is 48.7 Å². The molecule has 42 heavy (non-hydrogen) atoms. The largest absolute Gasteiger partial charge is 0.480 e. The van der Waals surface area contributed by atoms with Gasteiger partial charge in [-0.05, 0) is 74.5 Å². The lowest BCUT2D eigenvalue weighted by atomic mass is 9.87. The number of carbonyl (C=O) groups is 2. The molecule has 4 aliphatic rings. The summed E-state index contributed by atoms with van der Waals surface area (Å²) < 4.78 is 5.64. The number of pyridine rings is 1. The fourth-order valence-electron chi connectivity index (χ4n) is 6.16. The van der Waals surface area contributed by atoms with Crippen LogP contribution in [-0.2, 0) is 16.8 Å². The molecule has 0 atom stereocenters. The smallest absolute Gasteiger partial charge is 0.266 e. The van der Waals surface area contributed by atoms with E-state index in [1.54, 1.807) is 17.0 Å². The molecule has 7 rings (SSSR count). The van der Waals surface area contributed by atoms with Crippen LogP contribution in [0, 0.1) is 0 Å². The number of nitrogens with zero attached hydrogens (tertiary/aromatic N) is 5. The summed E-state index contributed by atoms with van der Waals surface area (Å²) in [5, 5.41) is 9.46. The Hall–Kier alpha value is -4.51. The summed E-state index contributed by atoms with van der Waals surface area (Å²) in [7, 11) is 2.17. The van der Waals surface area contributed by atoms with E-state index in [0.717, 1.165) is 38.0 Å². The predicted molar refractivity (Wildman–Crippen MR) is 160 cm³/mol. The van der Waals surface area contributed by atoms with Crippen LogP contribution < -0.4 is 25.6 Å². The van der Waals surface area contributed by atoms with Gasteiger partial charge in [0.2, 0.25) is 5.95 Å². The van der Waals surface area contributed by atoms with Crippen LogP contribution in [0.1, 0.15) is 53.6 Å². The second-order valence-corrected chi connectivity index (χ2v) is 11.6. The van der Waals surface area contributed by atoms with Gasteiger partial charge in [-0.25, -0.2) is 9.97 Å². The lowest BCUT2D eigenvalue weighted by molar-refractivity contribution is -0.121. The van der Waals surface area contributed by atoms with Crippen LogP contribution in [0.25, 0.3) is 0 Å². The maximum Gasteiger partial charge on any atom is 0.266 e. The molecule has 0 unspecified atom stereocenters. The van der Waals surface area contributed by atoms with E-state index in [4.69, 9.17) is 14.7 Å². The SMILES string of the molecule is CN1Cc2cc(Nc3ncc4c(n3)Nc3ccc5c(n3)N(CCCC/C=C/CNC4=O)C(=O)CO5)ccc2C2(CC2)C1. The molecule has 2 aromatic heterocycles. The lowest BCUT2D eigenvalue weighted by Gasteiger charge is -2.32. The first-order valence-corrected chi connectivity index (χ1v) is 14.6. The van der Waals surface area contributed by atoms with Gasteiger partial charge < -0.3 is 25.6 Å². The number of ether oxygens (including phenoxy) is 1. The molecule has 1 fully saturated rings. The third-order valence-corrected chi connectivity index (χ3v) is 8.38. The summed E-state index contributed by atoms with van der Waals surface area (Å²) in [6.45, 7) is 2.95. The summed E-state index contributed by atoms with van der Waals surface area (Å²) in [6, 6.07) is 10.0. The molecule has 2 amide bonds. The van der Waals surface area contributed by atoms with E-state index in [2.05, 4.69) is 51.1 Å². The highest BCUT2D eigenvalue weighted by atomic mass is 16.5. The Kier molecular flexibility index (Phi) is 6.73. The highest BCUT2D eigenvalue weighted by Crippen LogP contribution is 2.52. The Labute approximate surface area is 244 Å². The van der Waals surface area contributed by atoms with Gasteiger partial charge in [-0.15, -0.1) is 0 Å². The van der Waals surface area contributed by atoms with Crippen molar-refractivity contribution in [2.45, 2.75) is 44.1 Å². The Morgan fingerprint density at radius 1 is 1.07 bits per heavy atom. The number of hydrogen-bond donors (Lipinski definition) is 3. The summed E-state index contributed by atoms with van der Waals surface area (Å²) in [5.74, 6) is 1.69. The number of benzene rings is 1. The number of nitrogens with one attached hydrogen (secondary N) is 3. The zero-order valence-corrected chi connectivity index (χ0v) is 23.7. The van der Waals surface area contributed by atoms with Gasteiger partial charge in [-0.1, -0.05) is 18.2 Å². The fraction of sp³-hybridized carbons (Fsp3) is 0.387. The molecule has 3 aliphatic heterocycles. The van der Waals surface area contributed by atoms with Gasteiger partial charge in [-0.3, -0.25) is 14.5 Å². The van der Waals surface area contributed by atoms with Gasteiger partial charge in [0.15, 0.2) is 18.2 Å². The summed E-state index contributed by atoms with van der Waals surface area (Å²) >= 11 is 0. The molecule has 1 saturated carbocycles. The molecule has 0 radical (unpaired) electrons. The summed E-state index contributed by atoms with van der Waals surface area (Å²) in [4.78, 5) is 43.8. The molecular formula is C31H34N8O3. The Balaban J connectivity index is 1.21. The summed E-state index contributed by atoms with van der Waals surface area (Å²) in [6.07, 6.45) is 10.6. The van der Waals surface area contributed by atoms with Crippen molar-refractivity contribution in [3.05, 3.63) is 65.4 Å². The molecule has 1 aromatic carbocycles. The molecule has 3 aromatic rings. The van der Waals surface area contributed by atoms with Crippen molar-refractivity contribution in [3.63, 3.8) is 0 Å². The number of carbonyl (C=O) groups excluding carboxylic acids is 2. The number of allylic oxidation sites excluding steroid dienone is 1. The van der Waals surface area contributed by atoms with Crippen LogP contribution >= 0.6 is 0 Å². The second-order valence-electron chi connectivity index (χ2n) is 11.6. The van der Waals surface area contributed by atoms with E-state index in [0.29, 0.717) is 47.7 Å². The van der Waals surface area contributed by atoms with E-state index >= 15 is 0 Å². The molecule has 11 heteroatoms. The van der Waals surface area contributed by atoms with Crippen LogP contribution in [0.4, 0.5) is 29.1 Å². The third-order valence-electron chi connectivity index (χ3n) is 8.38. The first-order chi connectivity index (χ1) is 20.5. The van der Waals surface area contributed by atoms with E-state index in [-0.39, 0.29) is 24.0 Å². The normalized spacial score (nSPS) is 20.5. The Morgan fingerprint density at radius 3 is 2.86 bits per heavy atom. The molecule has 2 bridgehead atoms. The topological polar surface area (TPSA) is 125 Å². The zero-order valence-electron chi connectivity index (χ0n) is 23.7. The molecule has 3 N–H and O–H groups in total. The maximum atomic E-state index is 13.2. The van der Waals surface area contributed by atoms with E-state index in [9.17, 15) is 9.59 Å². The van der Waals surface area contributed by atoms with Crippen LogP contribution in [-0.4, -0.2) is 65.0 Å². The van der Waals surface area contributed by atoms with Gasteiger partial charge in [0.25, 0.3) is 11.8 Å². The lowest BCUT2D eigenvalue weighted by Crippen LogP contribution is -2.40. The van der Waals surface area contributed by atoms with Crippen molar-refractivity contribution < 1.29 is 14.3 Å². The fourth-order valence-corrected chi connectivity index (χ4v) is 6.16. The molecular weight excluding hydrogens is 532 g/mol. The zero-order chi connectivity index (χ0) is 28.7. The van der Waals surface area contributed by atoms with Crippen LogP contribution in [0.3, 0.4) is 0 Å². The van der Waals surface area contributed by atoms with Crippen molar-refractivity contribution >= 4 is 40.9 Å². The molecule has 1 spiro atoms. The van der Waals surface area contributed by atoms with Crippen molar-refractivity contribution in [2.24, 2.45) is 0 Å². The average molecular weight is 567 g/mol. The highest BCUT2D eigenvalue weighted by molar-refractivity contribution is 6.00. The third kappa shape index (κ3) is 5.16. The van der Waals surface area contributed by atoms with Gasteiger partial charge >= 0.3 is 0 Å². The standard InChI is InChI=1S/C31H34N8O3/c1-38-17-20-15-21(7-8-23(20)31(19-38)11-12-31)34-30-33-16-22-27(37-30)35-25-10-9-24-28(36-25)39(26(40)18-42-24)14-6-4-2-3-5-13-32-29(22)41/h3,5,7-10,15-16H,2,4,6,11-14,17-19H2,1H3,(H,32,41)(H2,33,34,35,36,37)/b5-3+. The molecule has 0 saturated heterocycles. The van der Waals surface area contributed by atoms with Crippen molar-refractivity contribution in [1.29, 1.82) is 0 Å². The number of likely N-dealkylation sites (N-methyl/N-ethyl adjacent to an activating group) is 1. The van der Waals surface area contributed by atoms with Crippen molar-refractivity contribution in [2.75, 3.05) is 48.8 Å². The number of hydrogen-bond acceptors (Lipinski definition) is 9. The van der Waals surface area contributed by atoms with Crippen LogP contribution in [0.5, 0.6) is 5.75 Å². The molecule has 5 heterocycles. The Bertz CT molecular complexity index is 1580. The van der Waals surface area contributed by atoms with Gasteiger partial charge in [0, 0.05) is 43.5 Å². The van der Waals surface area contributed by atoms with Gasteiger partial charge in [0.1, 0.15) is 17.2 Å². The number of amides is 2. The molecule has 216 valence electrons. The molecule has 11 nitrogen and oxygen atoms in total. The maximum absolute atomic E-state index is 13.2. The predicted octanol–water partition coefficient (Wildman–Crippen LogP) is 4.03. The number of aromatic nitrogens is 3. The van der Waals surface area contributed by atoms with Crippen molar-refractivity contribution in [1.82, 2.24) is 25.2 Å². The summed E-state index contributed by atoms with van der Waals surface area (Å²) in [5.41, 5.74) is 4.25. The van der Waals surface area contributed by atoms with E-state index in [1.807, 2.05) is 12.2 Å². The van der Waals surface area contributed by atoms with E-state index < -0.39 is 0 Å². The first-order valence-electron chi connectivity index (χ1n) is 14.6.